The number of piperazine rings is 1. The van der Waals surface area contributed by atoms with Crippen molar-refractivity contribution >= 4 is 5.69 Å². The molecule has 0 bridgehead atoms. The van der Waals surface area contributed by atoms with Crippen LogP contribution >= 0.6 is 0 Å². The fourth-order valence-corrected chi connectivity index (χ4v) is 2.51. The van der Waals surface area contributed by atoms with Crippen molar-refractivity contribution in [2.24, 2.45) is 0 Å². The summed E-state index contributed by atoms with van der Waals surface area (Å²) in [6.45, 7) is 6.60. The molecule has 0 radical (unpaired) electrons. The lowest BCUT2D eigenvalue weighted by Gasteiger charge is -2.35. The Bertz CT molecular complexity index is 460. The summed E-state index contributed by atoms with van der Waals surface area (Å²) in [7, 11) is 2.03. The molecule has 0 aromatic heterocycles. The van der Waals surface area contributed by atoms with Crippen molar-refractivity contribution < 1.29 is 13.2 Å². The summed E-state index contributed by atoms with van der Waals surface area (Å²) in [4.78, 5) is 4.24. The summed E-state index contributed by atoms with van der Waals surface area (Å²) in [6.07, 6.45) is -4.28. The van der Waals surface area contributed by atoms with E-state index in [0.29, 0.717) is 11.1 Å². The van der Waals surface area contributed by atoms with Crippen molar-refractivity contribution in [2.45, 2.75) is 20.0 Å². The van der Waals surface area contributed by atoms with Gasteiger partial charge in [0.2, 0.25) is 0 Å². The van der Waals surface area contributed by atoms with Gasteiger partial charge < -0.3 is 9.80 Å². The zero-order valence-electron chi connectivity index (χ0n) is 11.5. The molecule has 2 rings (SSSR count). The fraction of sp³-hybridized carbons (Fsp3) is 0.571. The van der Waals surface area contributed by atoms with Gasteiger partial charge in [0.15, 0.2) is 0 Å². The van der Waals surface area contributed by atoms with Gasteiger partial charge in [0.25, 0.3) is 0 Å². The van der Waals surface area contributed by atoms with Gasteiger partial charge in [0, 0.05) is 31.9 Å². The molecule has 0 saturated carbocycles. The lowest BCUT2D eigenvalue weighted by atomic mass is 10.0. The van der Waals surface area contributed by atoms with Crippen LogP contribution in [0.3, 0.4) is 0 Å². The third-order valence-corrected chi connectivity index (χ3v) is 3.67. The van der Waals surface area contributed by atoms with E-state index >= 15 is 0 Å². The molecule has 1 aliphatic heterocycles. The van der Waals surface area contributed by atoms with Gasteiger partial charge >= 0.3 is 6.18 Å². The van der Waals surface area contributed by atoms with Gasteiger partial charge in [-0.3, -0.25) is 0 Å². The summed E-state index contributed by atoms with van der Waals surface area (Å²) in [5.74, 6) is 0. The molecule has 106 valence electrons. The normalized spacial score (nSPS) is 17.9. The zero-order chi connectivity index (χ0) is 14.2. The molecule has 19 heavy (non-hydrogen) atoms. The minimum Gasteiger partial charge on any atom is -0.369 e. The van der Waals surface area contributed by atoms with Crippen molar-refractivity contribution in [3.63, 3.8) is 0 Å². The van der Waals surface area contributed by atoms with Gasteiger partial charge in [-0.1, -0.05) is 0 Å². The zero-order valence-corrected chi connectivity index (χ0v) is 11.5. The van der Waals surface area contributed by atoms with Crippen LogP contribution in [-0.4, -0.2) is 38.1 Å². The number of nitrogens with zero attached hydrogens (tertiary/aromatic N) is 2. The Kier molecular flexibility index (Phi) is 3.76. The van der Waals surface area contributed by atoms with Crippen molar-refractivity contribution in [3.8, 4) is 0 Å². The van der Waals surface area contributed by atoms with Gasteiger partial charge in [-0.15, -0.1) is 0 Å². The van der Waals surface area contributed by atoms with Crippen LogP contribution in [0, 0.1) is 13.8 Å². The molecule has 0 amide bonds. The second-order valence-electron chi connectivity index (χ2n) is 5.24. The van der Waals surface area contributed by atoms with Crippen LogP contribution < -0.4 is 4.90 Å². The number of anilines is 1. The highest BCUT2D eigenvalue weighted by atomic mass is 19.4. The molecule has 2 nitrogen and oxygen atoms in total. The van der Waals surface area contributed by atoms with E-state index in [0.717, 1.165) is 31.9 Å². The SMILES string of the molecule is Cc1cc(N2CCN(C)CC2)c(C)c(C(F)(F)F)c1. The molecule has 5 heteroatoms. The Balaban J connectivity index is 2.38. The molecule has 1 heterocycles. The van der Waals surface area contributed by atoms with E-state index < -0.39 is 11.7 Å². The highest BCUT2D eigenvalue weighted by molar-refractivity contribution is 5.59. The predicted molar refractivity (Wildman–Crippen MR) is 70.6 cm³/mol. The number of halogens is 3. The van der Waals surface area contributed by atoms with Gasteiger partial charge in [0.05, 0.1) is 5.56 Å². The monoisotopic (exact) mass is 272 g/mol. The third kappa shape index (κ3) is 3.03. The van der Waals surface area contributed by atoms with Crippen molar-refractivity contribution in [1.29, 1.82) is 0 Å². The number of aryl methyl sites for hydroxylation is 1. The van der Waals surface area contributed by atoms with E-state index in [1.54, 1.807) is 13.8 Å². The molecule has 0 aliphatic carbocycles. The van der Waals surface area contributed by atoms with Gasteiger partial charge in [-0.05, 0) is 44.2 Å². The second kappa shape index (κ2) is 5.04. The molecule has 1 saturated heterocycles. The average Bonchev–Trinajstić information content (AvgIpc) is 2.31. The van der Waals surface area contributed by atoms with Crippen LogP contribution in [0.5, 0.6) is 0 Å². The molecule has 1 aromatic carbocycles. The van der Waals surface area contributed by atoms with E-state index in [2.05, 4.69) is 9.80 Å². The first-order valence-corrected chi connectivity index (χ1v) is 6.41. The summed E-state index contributed by atoms with van der Waals surface area (Å²) in [5, 5.41) is 0. The smallest absolute Gasteiger partial charge is 0.369 e. The largest absolute Gasteiger partial charge is 0.416 e. The van der Waals surface area contributed by atoms with E-state index in [4.69, 9.17) is 0 Å². The molecule has 0 atom stereocenters. The van der Waals surface area contributed by atoms with E-state index in [9.17, 15) is 13.2 Å². The molecule has 0 N–H and O–H groups in total. The van der Waals surface area contributed by atoms with Gasteiger partial charge in [0.1, 0.15) is 0 Å². The Morgan fingerprint density at radius 1 is 1.00 bits per heavy atom. The van der Waals surface area contributed by atoms with Crippen molar-refractivity contribution in [2.75, 3.05) is 38.1 Å². The highest BCUT2D eigenvalue weighted by Gasteiger charge is 2.34. The van der Waals surface area contributed by atoms with Crippen LogP contribution in [0.1, 0.15) is 16.7 Å². The molecule has 0 unspecified atom stereocenters. The number of hydrogen-bond acceptors (Lipinski definition) is 2. The third-order valence-electron chi connectivity index (χ3n) is 3.67. The average molecular weight is 272 g/mol. The van der Waals surface area contributed by atoms with E-state index in [1.807, 2.05) is 13.1 Å². The maximum Gasteiger partial charge on any atom is 0.416 e. The van der Waals surface area contributed by atoms with Crippen molar-refractivity contribution in [1.82, 2.24) is 4.90 Å². The molecule has 1 aliphatic rings. The van der Waals surface area contributed by atoms with Crippen LogP contribution in [0.2, 0.25) is 0 Å². The second-order valence-corrected chi connectivity index (χ2v) is 5.24. The number of rotatable bonds is 1. The Morgan fingerprint density at radius 3 is 2.11 bits per heavy atom. The van der Waals surface area contributed by atoms with E-state index in [1.165, 1.54) is 6.07 Å². The minimum atomic E-state index is -4.28. The summed E-state index contributed by atoms with van der Waals surface area (Å²) < 4.78 is 39.0. The Morgan fingerprint density at radius 2 is 1.58 bits per heavy atom. The number of likely N-dealkylation sites (N-methyl/N-ethyl adjacent to an activating group) is 1. The highest BCUT2D eigenvalue weighted by Crippen LogP contribution is 2.37. The van der Waals surface area contributed by atoms with Crippen molar-refractivity contribution in [3.05, 3.63) is 28.8 Å². The number of alkyl halides is 3. The van der Waals surface area contributed by atoms with Gasteiger partial charge in [-0.2, -0.15) is 13.2 Å². The van der Waals surface area contributed by atoms with Crippen LogP contribution in [-0.2, 0) is 6.18 Å². The Hall–Kier alpha value is -1.23. The van der Waals surface area contributed by atoms with Crippen LogP contribution in [0.25, 0.3) is 0 Å². The lowest BCUT2D eigenvalue weighted by Crippen LogP contribution is -2.44. The lowest BCUT2D eigenvalue weighted by molar-refractivity contribution is -0.138. The summed E-state index contributed by atoms with van der Waals surface area (Å²) in [5.41, 5.74) is 1.20. The predicted octanol–water partition coefficient (Wildman–Crippen LogP) is 3.07. The standard InChI is InChI=1S/C14H19F3N2/c1-10-8-12(14(15,16)17)11(2)13(9-10)19-6-4-18(3)5-7-19/h8-9H,4-7H2,1-3H3. The molecule has 1 aromatic rings. The Labute approximate surface area is 111 Å². The first-order valence-electron chi connectivity index (χ1n) is 6.41. The quantitative estimate of drug-likeness (QED) is 0.775. The van der Waals surface area contributed by atoms with Crippen LogP contribution in [0.15, 0.2) is 12.1 Å². The van der Waals surface area contributed by atoms with E-state index in [-0.39, 0.29) is 0 Å². The number of hydrogen-bond donors (Lipinski definition) is 0. The topological polar surface area (TPSA) is 6.48 Å². The minimum absolute atomic E-state index is 0.336. The fourth-order valence-electron chi connectivity index (χ4n) is 2.51. The maximum atomic E-state index is 13.0. The first-order chi connectivity index (χ1) is 8.79. The number of benzene rings is 1. The summed E-state index contributed by atoms with van der Waals surface area (Å²) in [6, 6.07) is 3.09. The maximum absolute atomic E-state index is 13.0. The van der Waals surface area contributed by atoms with Crippen LogP contribution in [0.4, 0.5) is 18.9 Å². The molecule has 0 spiro atoms. The molecular weight excluding hydrogens is 253 g/mol. The molecule has 1 fully saturated rings. The summed E-state index contributed by atoms with van der Waals surface area (Å²) >= 11 is 0. The first kappa shape index (κ1) is 14.2. The van der Waals surface area contributed by atoms with Gasteiger partial charge in [-0.25, -0.2) is 0 Å². The molecular formula is C14H19F3N2.